The summed E-state index contributed by atoms with van der Waals surface area (Å²) in [5.41, 5.74) is 0. The van der Waals surface area contributed by atoms with E-state index in [-0.39, 0.29) is 0 Å². The van der Waals surface area contributed by atoms with Crippen LogP contribution in [0.5, 0.6) is 0 Å². The highest BCUT2D eigenvalue weighted by molar-refractivity contribution is 4.65. The lowest BCUT2D eigenvalue weighted by molar-refractivity contribution is -1.02. The number of hydrogen-bond donors (Lipinski definition) is 0. The van der Waals surface area contributed by atoms with Crippen LogP contribution < -0.4 is 0 Å². The molecule has 0 aliphatic carbocycles. The maximum atomic E-state index is 5.16. The highest BCUT2D eigenvalue weighted by Crippen LogP contribution is 2.19. The molecule has 17 heavy (non-hydrogen) atoms. The molecule has 0 atom stereocenters. The molecule has 2 aliphatic heterocycles. The Labute approximate surface area is 106 Å². The van der Waals surface area contributed by atoms with Crippen LogP contribution in [-0.4, -0.2) is 101 Å². The van der Waals surface area contributed by atoms with E-state index in [9.17, 15) is 0 Å². The fraction of sp³-hybridized carbons (Fsp3) is 1.00. The van der Waals surface area contributed by atoms with Gasteiger partial charge in [-0.15, -0.1) is 0 Å². The zero-order valence-corrected chi connectivity index (χ0v) is 11.8. The molecule has 0 aromatic rings. The number of methoxy groups -OCH3 is 1. The Hall–Kier alpha value is -0.160. The summed E-state index contributed by atoms with van der Waals surface area (Å²) in [6, 6.07) is 0. The van der Waals surface area contributed by atoms with E-state index in [1.165, 1.54) is 61.3 Å². The summed E-state index contributed by atoms with van der Waals surface area (Å²) < 4.78 is 7.76. The molecule has 4 heteroatoms. The second-order valence-electron chi connectivity index (χ2n) is 6.45. The van der Waals surface area contributed by atoms with E-state index < -0.39 is 0 Å². The topological polar surface area (TPSA) is 12.5 Å². The first-order valence-corrected chi connectivity index (χ1v) is 6.94. The molecule has 4 nitrogen and oxygen atoms in total. The molecule has 0 amide bonds. The first-order valence-electron chi connectivity index (χ1n) is 6.94. The van der Waals surface area contributed by atoms with E-state index >= 15 is 0 Å². The normalized spacial score (nSPS) is 28.4. The Morgan fingerprint density at radius 1 is 0.941 bits per heavy atom. The van der Waals surface area contributed by atoms with Crippen molar-refractivity contribution in [2.45, 2.75) is 0 Å². The SMILES string of the molecule is COCCN1CC[N+]2(CC1)CC[N+](C)(C)CC2. The quantitative estimate of drug-likeness (QED) is 0.640. The number of quaternary nitrogens is 2. The lowest BCUT2D eigenvalue weighted by Crippen LogP contribution is -2.69. The maximum Gasteiger partial charge on any atom is 0.129 e. The van der Waals surface area contributed by atoms with Gasteiger partial charge in [0.15, 0.2) is 0 Å². The molecular weight excluding hydrogens is 214 g/mol. The summed E-state index contributed by atoms with van der Waals surface area (Å²) in [6.45, 7) is 12.7. The van der Waals surface area contributed by atoms with Gasteiger partial charge in [0.25, 0.3) is 0 Å². The van der Waals surface area contributed by atoms with Crippen LogP contribution in [0.1, 0.15) is 0 Å². The van der Waals surface area contributed by atoms with E-state index in [2.05, 4.69) is 19.0 Å². The largest absolute Gasteiger partial charge is 0.383 e. The van der Waals surface area contributed by atoms with Crippen LogP contribution >= 0.6 is 0 Å². The Kier molecular flexibility index (Phi) is 4.08. The molecule has 2 fully saturated rings. The highest BCUT2D eigenvalue weighted by Gasteiger charge is 2.39. The Bertz CT molecular complexity index is 235. The summed E-state index contributed by atoms with van der Waals surface area (Å²) in [6.07, 6.45) is 0. The van der Waals surface area contributed by atoms with Crippen LogP contribution in [0.4, 0.5) is 0 Å². The van der Waals surface area contributed by atoms with Gasteiger partial charge in [-0.25, -0.2) is 0 Å². The molecular formula is C13H29N3O+2. The summed E-state index contributed by atoms with van der Waals surface area (Å²) in [4.78, 5) is 2.56. The van der Waals surface area contributed by atoms with Crippen molar-refractivity contribution in [1.29, 1.82) is 0 Å². The number of nitrogens with zero attached hydrogens (tertiary/aromatic N) is 3. The second-order valence-corrected chi connectivity index (χ2v) is 6.45. The Balaban J connectivity index is 1.78. The monoisotopic (exact) mass is 243 g/mol. The van der Waals surface area contributed by atoms with Crippen molar-refractivity contribution in [3.8, 4) is 0 Å². The van der Waals surface area contributed by atoms with Gasteiger partial charge in [0.05, 0.1) is 33.8 Å². The minimum Gasteiger partial charge on any atom is -0.383 e. The van der Waals surface area contributed by atoms with Crippen LogP contribution in [0.3, 0.4) is 0 Å². The minimum atomic E-state index is 0.879. The van der Waals surface area contributed by atoms with Gasteiger partial charge in [0, 0.05) is 26.7 Å². The minimum absolute atomic E-state index is 0.879. The highest BCUT2D eigenvalue weighted by atomic mass is 16.5. The van der Waals surface area contributed by atoms with Crippen molar-refractivity contribution >= 4 is 0 Å². The lowest BCUT2D eigenvalue weighted by Gasteiger charge is -2.50. The standard InChI is InChI=1S/C13H29N3O/c1-15(2)9-11-16(12-10-15)7-4-14(5-8-16)6-13-17-3/h4-13H2,1-3H3/q+2. The van der Waals surface area contributed by atoms with Crippen LogP contribution in [0, 0.1) is 0 Å². The summed E-state index contributed by atoms with van der Waals surface area (Å²) in [5.74, 6) is 0. The molecule has 2 aliphatic rings. The van der Waals surface area contributed by atoms with Crippen LogP contribution in [0.25, 0.3) is 0 Å². The van der Waals surface area contributed by atoms with Gasteiger partial charge in [0.1, 0.15) is 26.2 Å². The third kappa shape index (κ3) is 3.41. The molecule has 0 aromatic carbocycles. The molecule has 0 saturated carbocycles. The average Bonchev–Trinajstić information content (AvgIpc) is 2.33. The number of piperazine rings is 2. The first kappa shape index (κ1) is 13.3. The zero-order valence-electron chi connectivity index (χ0n) is 11.8. The molecule has 2 rings (SSSR count). The number of rotatable bonds is 3. The van der Waals surface area contributed by atoms with Gasteiger partial charge in [0.2, 0.25) is 0 Å². The van der Waals surface area contributed by atoms with Crippen molar-refractivity contribution in [3.05, 3.63) is 0 Å². The number of ether oxygens (including phenoxy) is 1. The smallest absolute Gasteiger partial charge is 0.129 e. The van der Waals surface area contributed by atoms with E-state index in [0.29, 0.717) is 0 Å². The maximum absolute atomic E-state index is 5.16. The van der Waals surface area contributed by atoms with Gasteiger partial charge in [-0.1, -0.05) is 0 Å². The summed E-state index contributed by atoms with van der Waals surface area (Å²) in [7, 11) is 6.53. The zero-order chi connectivity index (χ0) is 12.4. The number of likely N-dealkylation sites (N-methyl/N-ethyl adjacent to an activating group) is 1. The summed E-state index contributed by atoms with van der Waals surface area (Å²) >= 11 is 0. The summed E-state index contributed by atoms with van der Waals surface area (Å²) in [5, 5.41) is 0. The first-order chi connectivity index (χ1) is 8.05. The third-order valence-corrected chi connectivity index (χ3v) is 4.75. The van der Waals surface area contributed by atoms with Gasteiger partial charge in [-0.2, -0.15) is 0 Å². The molecule has 2 heterocycles. The Morgan fingerprint density at radius 2 is 1.53 bits per heavy atom. The van der Waals surface area contributed by atoms with Crippen molar-refractivity contribution < 1.29 is 13.7 Å². The van der Waals surface area contributed by atoms with E-state index in [1.807, 2.05) is 0 Å². The van der Waals surface area contributed by atoms with Gasteiger partial charge >= 0.3 is 0 Å². The fourth-order valence-electron chi connectivity index (χ4n) is 3.01. The predicted molar refractivity (Wildman–Crippen MR) is 69.9 cm³/mol. The molecule has 0 bridgehead atoms. The fourth-order valence-corrected chi connectivity index (χ4v) is 3.01. The van der Waals surface area contributed by atoms with E-state index in [0.717, 1.165) is 13.2 Å². The third-order valence-electron chi connectivity index (χ3n) is 4.75. The van der Waals surface area contributed by atoms with Crippen molar-refractivity contribution in [2.24, 2.45) is 0 Å². The van der Waals surface area contributed by atoms with Crippen molar-refractivity contribution in [1.82, 2.24) is 4.90 Å². The molecule has 0 aromatic heterocycles. The van der Waals surface area contributed by atoms with E-state index in [4.69, 9.17) is 4.74 Å². The molecule has 0 unspecified atom stereocenters. The molecule has 2 saturated heterocycles. The van der Waals surface area contributed by atoms with Gasteiger partial charge in [-0.3, -0.25) is 4.90 Å². The van der Waals surface area contributed by atoms with E-state index in [1.54, 1.807) is 7.11 Å². The molecule has 1 spiro atoms. The van der Waals surface area contributed by atoms with Crippen LogP contribution in [-0.2, 0) is 4.74 Å². The molecule has 0 N–H and O–H groups in total. The van der Waals surface area contributed by atoms with Crippen LogP contribution in [0.15, 0.2) is 0 Å². The number of hydrogen-bond acceptors (Lipinski definition) is 2. The average molecular weight is 243 g/mol. The predicted octanol–water partition coefficient (Wildman–Crippen LogP) is -0.145. The second kappa shape index (κ2) is 5.22. The van der Waals surface area contributed by atoms with Crippen molar-refractivity contribution in [3.63, 3.8) is 0 Å². The molecule has 0 radical (unpaired) electrons. The Morgan fingerprint density at radius 3 is 2.06 bits per heavy atom. The molecule has 100 valence electrons. The lowest BCUT2D eigenvalue weighted by atomic mass is 10.1. The van der Waals surface area contributed by atoms with Gasteiger partial charge in [-0.05, 0) is 0 Å². The van der Waals surface area contributed by atoms with Crippen molar-refractivity contribution in [2.75, 3.05) is 86.7 Å². The van der Waals surface area contributed by atoms with Crippen LogP contribution in [0.2, 0.25) is 0 Å². The van der Waals surface area contributed by atoms with Gasteiger partial charge < -0.3 is 13.7 Å².